The number of hydrogen-bond acceptors (Lipinski definition) is 5. The fourth-order valence-electron chi connectivity index (χ4n) is 1.84. The number of carbonyl (C=O) groups excluding carboxylic acids is 1. The van der Waals surface area contributed by atoms with Gasteiger partial charge in [-0.2, -0.15) is 0 Å². The fourth-order valence-corrected chi connectivity index (χ4v) is 3.36. The Labute approximate surface area is 99.7 Å². The van der Waals surface area contributed by atoms with Crippen molar-refractivity contribution >= 4 is 21.5 Å². The van der Waals surface area contributed by atoms with Gasteiger partial charge < -0.3 is 10.1 Å². The average Bonchev–Trinajstić information content (AvgIpc) is 2.47. The molecular weight excluding hydrogens is 242 g/mol. The lowest BCUT2D eigenvalue weighted by atomic mass is 10.1. The molecule has 1 aliphatic heterocycles. The molecular formula is C11H13NO4S. The SMILES string of the molecule is COC(=O)c1cccc2c1NCCCS2(=O)=O. The monoisotopic (exact) mass is 255 g/mol. The van der Waals surface area contributed by atoms with E-state index in [0.29, 0.717) is 18.7 Å². The first-order valence-corrected chi connectivity index (χ1v) is 6.89. The lowest BCUT2D eigenvalue weighted by molar-refractivity contribution is 0.0601. The van der Waals surface area contributed by atoms with E-state index in [1.807, 2.05) is 0 Å². The Morgan fingerprint density at radius 2 is 2.18 bits per heavy atom. The second-order valence-electron chi connectivity index (χ2n) is 3.77. The molecule has 0 saturated carbocycles. The molecule has 2 rings (SSSR count). The molecule has 0 atom stereocenters. The van der Waals surface area contributed by atoms with Gasteiger partial charge in [0.05, 0.1) is 29.0 Å². The van der Waals surface area contributed by atoms with Gasteiger partial charge in [-0.25, -0.2) is 13.2 Å². The number of anilines is 1. The van der Waals surface area contributed by atoms with Gasteiger partial charge in [0.2, 0.25) is 0 Å². The van der Waals surface area contributed by atoms with Crippen LogP contribution >= 0.6 is 0 Å². The van der Waals surface area contributed by atoms with Crippen molar-refractivity contribution in [2.75, 3.05) is 24.7 Å². The van der Waals surface area contributed by atoms with Crippen LogP contribution in [-0.4, -0.2) is 33.8 Å². The van der Waals surface area contributed by atoms with Crippen molar-refractivity contribution in [1.29, 1.82) is 0 Å². The summed E-state index contributed by atoms with van der Waals surface area (Å²) in [6, 6.07) is 4.61. The van der Waals surface area contributed by atoms with Gasteiger partial charge in [0.25, 0.3) is 0 Å². The van der Waals surface area contributed by atoms with Gasteiger partial charge in [0.1, 0.15) is 0 Å². The summed E-state index contributed by atoms with van der Waals surface area (Å²) in [6.07, 6.45) is 0.525. The van der Waals surface area contributed by atoms with Crippen molar-refractivity contribution in [1.82, 2.24) is 0 Å². The maximum atomic E-state index is 12.0. The number of esters is 1. The van der Waals surface area contributed by atoms with Crippen LogP contribution in [0.2, 0.25) is 0 Å². The summed E-state index contributed by atoms with van der Waals surface area (Å²) in [5.74, 6) is -0.441. The van der Waals surface area contributed by atoms with Gasteiger partial charge in [-0.05, 0) is 18.6 Å². The van der Waals surface area contributed by atoms with Crippen LogP contribution in [0.25, 0.3) is 0 Å². The number of hydrogen-bond donors (Lipinski definition) is 1. The molecule has 0 amide bonds. The van der Waals surface area contributed by atoms with Crippen LogP contribution in [0.1, 0.15) is 16.8 Å². The van der Waals surface area contributed by atoms with Crippen LogP contribution in [-0.2, 0) is 14.6 Å². The topological polar surface area (TPSA) is 72.5 Å². The first kappa shape index (κ1) is 11.9. The van der Waals surface area contributed by atoms with Crippen molar-refractivity contribution in [2.45, 2.75) is 11.3 Å². The van der Waals surface area contributed by atoms with Crippen molar-refractivity contribution in [3.8, 4) is 0 Å². The van der Waals surface area contributed by atoms with E-state index in [9.17, 15) is 13.2 Å². The lowest BCUT2D eigenvalue weighted by Crippen LogP contribution is -2.10. The molecule has 1 aromatic rings. The number of ether oxygens (including phenoxy) is 1. The van der Waals surface area contributed by atoms with E-state index in [0.717, 1.165) is 0 Å². The predicted molar refractivity (Wildman–Crippen MR) is 62.9 cm³/mol. The Hall–Kier alpha value is -1.56. The Morgan fingerprint density at radius 3 is 2.88 bits per heavy atom. The minimum absolute atomic E-state index is 0.0949. The largest absolute Gasteiger partial charge is 0.465 e. The van der Waals surface area contributed by atoms with Crippen molar-refractivity contribution in [2.24, 2.45) is 0 Å². The Bertz CT molecular complexity index is 551. The molecule has 0 bridgehead atoms. The minimum atomic E-state index is -3.31. The number of fused-ring (bicyclic) bond motifs is 1. The summed E-state index contributed by atoms with van der Waals surface area (Å²) in [5, 5.41) is 2.98. The Kier molecular flexibility index (Phi) is 3.06. The van der Waals surface area contributed by atoms with E-state index in [-0.39, 0.29) is 16.2 Å². The fraction of sp³-hybridized carbons (Fsp3) is 0.364. The molecule has 0 unspecified atom stereocenters. The summed E-state index contributed by atoms with van der Waals surface area (Å²) in [4.78, 5) is 11.7. The number of rotatable bonds is 1. The molecule has 1 heterocycles. The van der Waals surface area contributed by atoms with Gasteiger partial charge in [-0.1, -0.05) is 6.07 Å². The van der Waals surface area contributed by atoms with E-state index >= 15 is 0 Å². The highest BCUT2D eigenvalue weighted by Gasteiger charge is 2.25. The number of methoxy groups -OCH3 is 1. The van der Waals surface area contributed by atoms with Crippen molar-refractivity contribution < 1.29 is 17.9 Å². The highest BCUT2D eigenvalue weighted by Crippen LogP contribution is 2.29. The highest BCUT2D eigenvalue weighted by atomic mass is 32.2. The van der Waals surface area contributed by atoms with Crippen molar-refractivity contribution in [3.63, 3.8) is 0 Å². The first-order chi connectivity index (χ1) is 8.06. The number of sulfone groups is 1. The van der Waals surface area contributed by atoms with E-state index in [4.69, 9.17) is 0 Å². The second-order valence-corrected chi connectivity index (χ2v) is 5.85. The third kappa shape index (κ3) is 2.12. The van der Waals surface area contributed by atoms with Crippen LogP contribution in [0.4, 0.5) is 5.69 Å². The summed E-state index contributed by atoms with van der Waals surface area (Å²) in [5.41, 5.74) is 0.618. The standard InChI is InChI=1S/C11H13NO4S/c1-16-11(13)8-4-2-5-9-10(8)12-6-3-7-17(9,14)15/h2,4-5,12H,3,6-7H2,1H3. The van der Waals surface area contributed by atoms with Gasteiger partial charge in [0.15, 0.2) is 9.84 Å². The normalized spacial score (nSPS) is 17.5. The molecule has 1 aromatic carbocycles. The Balaban J connectivity index is 2.65. The number of para-hydroxylation sites is 1. The number of nitrogens with one attached hydrogen (secondary N) is 1. The van der Waals surface area contributed by atoms with E-state index in [2.05, 4.69) is 10.1 Å². The van der Waals surface area contributed by atoms with E-state index in [1.165, 1.54) is 13.2 Å². The molecule has 0 spiro atoms. The average molecular weight is 255 g/mol. The van der Waals surface area contributed by atoms with Gasteiger partial charge in [0, 0.05) is 6.54 Å². The second kappa shape index (κ2) is 4.37. The minimum Gasteiger partial charge on any atom is -0.465 e. The van der Waals surface area contributed by atoms with Crippen LogP contribution in [0.15, 0.2) is 23.1 Å². The maximum absolute atomic E-state index is 12.0. The molecule has 1 aliphatic rings. The van der Waals surface area contributed by atoms with Crippen LogP contribution < -0.4 is 5.32 Å². The van der Waals surface area contributed by atoms with Crippen LogP contribution in [0.5, 0.6) is 0 Å². The molecule has 5 nitrogen and oxygen atoms in total. The van der Waals surface area contributed by atoms with E-state index < -0.39 is 15.8 Å². The highest BCUT2D eigenvalue weighted by molar-refractivity contribution is 7.91. The molecule has 17 heavy (non-hydrogen) atoms. The summed E-state index contributed by atoms with van der Waals surface area (Å²) >= 11 is 0. The lowest BCUT2D eigenvalue weighted by Gasteiger charge is -2.11. The van der Waals surface area contributed by atoms with Crippen LogP contribution in [0, 0.1) is 0 Å². The van der Waals surface area contributed by atoms with Gasteiger partial charge >= 0.3 is 5.97 Å². The quantitative estimate of drug-likeness (QED) is 0.760. The molecule has 0 aliphatic carbocycles. The first-order valence-electron chi connectivity index (χ1n) is 5.24. The molecule has 0 radical (unpaired) electrons. The molecule has 92 valence electrons. The summed E-state index contributed by atoms with van der Waals surface area (Å²) in [6.45, 7) is 0.528. The number of benzene rings is 1. The third-order valence-corrected chi connectivity index (χ3v) is 4.49. The van der Waals surface area contributed by atoms with Crippen molar-refractivity contribution in [3.05, 3.63) is 23.8 Å². The predicted octanol–water partition coefficient (Wildman–Crippen LogP) is 1.06. The molecule has 0 aromatic heterocycles. The Morgan fingerprint density at radius 1 is 1.41 bits per heavy atom. The zero-order valence-corrected chi connectivity index (χ0v) is 10.2. The molecule has 1 N–H and O–H groups in total. The molecule has 6 heteroatoms. The van der Waals surface area contributed by atoms with Gasteiger partial charge in [-0.3, -0.25) is 0 Å². The smallest absolute Gasteiger partial charge is 0.340 e. The summed E-state index contributed by atoms with van der Waals surface area (Å²) in [7, 11) is -2.04. The van der Waals surface area contributed by atoms with Gasteiger partial charge in [-0.15, -0.1) is 0 Å². The van der Waals surface area contributed by atoms with Crippen LogP contribution in [0.3, 0.4) is 0 Å². The zero-order chi connectivity index (χ0) is 12.5. The van der Waals surface area contributed by atoms with E-state index in [1.54, 1.807) is 12.1 Å². The maximum Gasteiger partial charge on any atom is 0.340 e. The number of carbonyl (C=O) groups is 1. The summed E-state index contributed by atoms with van der Waals surface area (Å²) < 4.78 is 28.6. The molecule has 0 fully saturated rings. The third-order valence-electron chi connectivity index (χ3n) is 2.66. The molecule has 0 saturated heterocycles. The zero-order valence-electron chi connectivity index (χ0n) is 9.39.